The van der Waals surface area contributed by atoms with Gasteiger partial charge in [-0.05, 0) is 36.4 Å². The molecule has 0 bridgehead atoms. The summed E-state index contributed by atoms with van der Waals surface area (Å²) in [5, 5.41) is 0.768. The van der Waals surface area contributed by atoms with Crippen molar-refractivity contribution >= 4 is 44.9 Å². The number of benzene rings is 2. The number of ketones is 1. The number of hydrogen-bond acceptors (Lipinski definition) is 2. The van der Waals surface area contributed by atoms with Crippen LogP contribution >= 0.6 is 39.1 Å². The Kier molecular flexibility index (Phi) is 4.50. The molecule has 0 heterocycles. The highest BCUT2D eigenvalue weighted by Gasteiger charge is 2.15. The van der Waals surface area contributed by atoms with Crippen LogP contribution in [-0.2, 0) is 0 Å². The summed E-state index contributed by atoms with van der Waals surface area (Å²) in [4.78, 5) is 12.4. The number of hydrogen-bond donors (Lipinski definition) is 0. The molecule has 0 aromatic heterocycles. The molecule has 0 atom stereocenters. The third-order valence-electron chi connectivity index (χ3n) is 2.59. The van der Waals surface area contributed by atoms with Crippen molar-refractivity contribution in [2.75, 3.05) is 7.11 Å². The summed E-state index contributed by atoms with van der Waals surface area (Å²) in [6.07, 6.45) is 0. The predicted molar refractivity (Wildman–Crippen MR) is 80.6 cm³/mol. The zero-order valence-corrected chi connectivity index (χ0v) is 13.0. The molecule has 0 saturated carbocycles. The molecule has 5 heteroatoms. The molecule has 19 heavy (non-hydrogen) atoms. The van der Waals surface area contributed by atoms with Gasteiger partial charge in [0.15, 0.2) is 5.78 Å². The van der Waals surface area contributed by atoms with Gasteiger partial charge in [-0.15, -0.1) is 0 Å². The lowest BCUT2D eigenvalue weighted by atomic mass is 10.0. The van der Waals surface area contributed by atoms with E-state index in [1.165, 1.54) is 7.11 Å². The minimum atomic E-state index is -0.164. The van der Waals surface area contributed by atoms with Crippen molar-refractivity contribution in [2.24, 2.45) is 0 Å². The van der Waals surface area contributed by atoms with E-state index in [1.54, 1.807) is 36.4 Å². The summed E-state index contributed by atoms with van der Waals surface area (Å²) in [5.41, 5.74) is 0.944. The van der Waals surface area contributed by atoms with Crippen LogP contribution in [0, 0.1) is 0 Å². The quantitative estimate of drug-likeness (QED) is 0.721. The predicted octanol–water partition coefficient (Wildman–Crippen LogP) is 5.00. The van der Waals surface area contributed by atoms with Crippen LogP contribution in [0.2, 0.25) is 10.0 Å². The van der Waals surface area contributed by atoms with Gasteiger partial charge in [-0.3, -0.25) is 4.79 Å². The molecular formula is C14H9BrCl2O2. The lowest BCUT2D eigenvalue weighted by Gasteiger charge is -2.08. The Morgan fingerprint density at radius 1 is 1.11 bits per heavy atom. The van der Waals surface area contributed by atoms with Crippen molar-refractivity contribution in [2.45, 2.75) is 0 Å². The highest BCUT2D eigenvalue weighted by Crippen LogP contribution is 2.28. The highest BCUT2D eigenvalue weighted by molar-refractivity contribution is 9.10. The van der Waals surface area contributed by atoms with Crippen molar-refractivity contribution in [1.82, 2.24) is 0 Å². The smallest absolute Gasteiger partial charge is 0.196 e. The van der Waals surface area contributed by atoms with E-state index in [0.717, 1.165) is 4.47 Å². The Bertz CT molecular complexity index is 641. The summed E-state index contributed by atoms with van der Waals surface area (Å²) in [6, 6.07) is 10.0. The van der Waals surface area contributed by atoms with Crippen LogP contribution in [0.25, 0.3) is 0 Å². The van der Waals surface area contributed by atoms with E-state index in [2.05, 4.69) is 15.9 Å². The molecule has 0 aliphatic carbocycles. The van der Waals surface area contributed by atoms with Gasteiger partial charge in [-0.25, -0.2) is 0 Å². The van der Waals surface area contributed by atoms with Crippen LogP contribution in [0.15, 0.2) is 40.9 Å². The van der Waals surface area contributed by atoms with Crippen LogP contribution in [0.5, 0.6) is 5.75 Å². The topological polar surface area (TPSA) is 26.3 Å². The zero-order chi connectivity index (χ0) is 14.0. The van der Waals surface area contributed by atoms with E-state index in [1.807, 2.05) is 0 Å². The number of halogens is 3. The average molecular weight is 360 g/mol. The van der Waals surface area contributed by atoms with Gasteiger partial charge in [0, 0.05) is 10.0 Å². The third kappa shape index (κ3) is 3.11. The lowest BCUT2D eigenvalue weighted by molar-refractivity contribution is 0.103. The molecule has 0 radical (unpaired) electrons. The monoisotopic (exact) mass is 358 g/mol. The number of ether oxygens (including phenoxy) is 1. The van der Waals surface area contributed by atoms with Gasteiger partial charge < -0.3 is 4.74 Å². The van der Waals surface area contributed by atoms with Crippen LogP contribution in [0.3, 0.4) is 0 Å². The van der Waals surface area contributed by atoms with E-state index in [4.69, 9.17) is 27.9 Å². The third-order valence-corrected chi connectivity index (χ3v) is 3.82. The van der Waals surface area contributed by atoms with E-state index in [9.17, 15) is 4.79 Å². The molecule has 0 fully saturated rings. The van der Waals surface area contributed by atoms with E-state index >= 15 is 0 Å². The fourth-order valence-electron chi connectivity index (χ4n) is 1.65. The van der Waals surface area contributed by atoms with E-state index < -0.39 is 0 Å². The van der Waals surface area contributed by atoms with Crippen LogP contribution in [0.4, 0.5) is 0 Å². The largest absolute Gasteiger partial charge is 0.496 e. The molecule has 2 nitrogen and oxygen atoms in total. The summed E-state index contributed by atoms with van der Waals surface area (Å²) in [5.74, 6) is 0.341. The lowest BCUT2D eigenvalue weighted by Crippen LogP contribution is -2.04. The second-order valence-electron chi connectivity index (χ2n) is 3.80. The fourth-order valence-corrected chi connectivity index (χ4v) is 2.28. The van der Waals surface area contributed by atoms with Crippen LogP contribution in [-0.4, -0.2) is 12.9 Å². The number of carbonyl (C=O) groups excluding carboxylic acids is 1. The summed E-state index contributed by atoms with van der Waals surface area (Å²) >= 11 is 15.1. The molecule has 0 spiro atoms. The highest BCUT2D eigenvalue weighted by atomic mass is 79.9. The minimum Gasteiger partial charge on any atom is -0.496 e. The molecule has 2 rings (SSSR count). The maximum Gasteiger partial charge on any atom is 0.196 e. The van der Waals surface area contributed by atoms with Gasteiger partial charge in [0.2, 0.25) is 0 Å². The first kappa shape index (κ1) is 14.4. The fraction of sp³-hybridized carbons (Fsp3) is 0.0714. The van der Waals surface area contributed by atoms with E-state index in [-0.39, 0.29) is 5.78 Å². The second-order valence-corrected chi connectivity index (χ2v) is 5.53. The van der Waals surface area contributed by atoms with Gasteiger partial charge in [-0.2, -0.15) is 0 Å². The number of carbonyl (C=O) groups is 1. The molecule has 0 N–H and O–H groups in total. The molecule has 0 saturated heterocycles. The molecule has 2 aromatic rings. The standard InChI is InChI=1S/C14H9BrCl2O2/c1-19-13-7-9(15)3-4-10(13)14(18)8-2-5-11(16)12(17)6-8/h2-7H,1H3. The minimum absolute atomic E-state index is 0.164. The molecule has 0 aliphatic rings. The molecule has 2 aromatic carbocycles. The van der Waals surface area contributed by atoms with Crippen LogP contribution in [0.1, 0.15) is 15.9 Å². The van der Waals surface area contributed by atoms with Crippen molar-refractivity contribution < 1.29 is 9.53 Å². The van der Waals surface area contributed by atoms with Gasteiger partial charge in [0.05, 0.1) is 22.7 Å². The molecule has 0 aliphatic heterocycles. The van der Waals surface area contributed by atoms with Gasteiger partial charge in [-0.1, -0.05) is 39.1 Å². The Balaban J connectivity index is 2.46. The molecule has 0 unspecified atom stereocenters. The first-order valence-corrected chi connectivity index (χ1v) is 6.91. The maximum atomic E-state index is 12.4. The number of rotatable bonds is 3. The van der Waals surface area contributed by atoms with E-state index in [0.29, 0.717) is 26.9 Å². The summed E-state index contributed by atoms with van der Waals surface area (Å²) < 4.78 is 6.06. The van der Waals surface area contributed by atoms with Crippen molar-refractivity contribution in [3.63, 3.8) is 0 Å². The SMILES string of the molecule is COc1cc(Br)ccc1C(=O)c1ccc(Cl)c(Cl)c1. The van der Waals surface area contributed by atoms with Crippen molar-refractivity contribution in [3.05, 3.63) is 62.0 Å². The molecule has 0 amide bonds. The zero-order valence-electron chi connectivity index (χ0n) is 9.91. The Morgan fingerprint density at radius 3 is 2.47 bits per heavy atom. The first-order chi connectivity index (χ1) is 9.02. The maximum absolute atomic E-state index is 12.4. The Hall–Kier alpha value is -1.03. The average Bonchev–Trinajstić information content (AvgIpc) is 2.41. The summed E-state index contributed by atoms with van der Waals surface area (Å²) in [6.45, 7) is 0. The van der Waals surface area contributed by atoms with Crippen molar-refractivity contribution in [3.8, 4) is 5.75 Å². The Labute approximate surface area is 129 Å². The molecule has 98 valence electrons. The first-order valence-electron chi connectivity index (χ1n) is 5.36. The van der Waals surface area contributed by atoms with Crippen LogP contribution < -0.4 is 4.74 Å². The van der Waals surface area contributed by atoms with Crippen molar-refractivity contribution in [1.29, 1.82) is 0 Å². The second kappa shape index (κ2) is 5.95. The van der Waals surface area contributed by atoms with Gasteiger partial charge in [0.1, 0.15) is 5.75 Å². The normalized spacial score (nSPS) is 10.3. The Morgan fingerprint density at radius 2 is 1.84 bits per heavy atom. The van der Waals surface area contributed by atoms with Gasteiger partial charge in [0.25, 0.3) is 0 Å². The number of methoxy groups -OCH3 is 1. The summed E-state index contributed by atoms with van der Waals surface area (Å²) in [7, 11) is 1.52. The van der Waals surface area contributed by atoms with Gasteiger partial charge >= 0.3 is 0 Å². The molecular weight excluding hydrogens is 351 g/mol.